The van der Waals surface area contributed by atoms with E-state index in [2.05, 4.69) is 10.6 Å². The van der Waals surface area contributed by atoms with Gasteiger partial charge < -0.3 is 21.5 Å². The zero-order valence-electron chi connectivity index (χ0n) is 11.4. The van der Waals surface area contributed by atoms with Crippen LogP contribution < -0.4 is 16.4 Å². The largest absolute Gasteiger partial charge is 0.391 e. The van der Waals surface area contributed by atoms with Crippen LogP contribution in [0.1, 0.15) is 26.7 Å². The average Bonchev–Trinajstić information content (AvgIpc) is 2.36. The normalized spacial score (nSPS) is 31.9. The minimum Gasteiger partial charge on any atom is -0.391 e. The summed E-state index contributed by atoms with van der Waals surface area (Å²) >= 11 is 0. The molecule has 5 N–H and O–H groups in total. The number of amides is 2. The van der Waals surface area contributed by atoms with E-state index < -0.39 is 12.1 Å². The zero-order chi connectivity index (χ0) is 14.4. The van der Waals surface area contributed by atoms with Gasteiger partial charge in [0.05, 0.1) is 12.1 Å². The average molecular weight is 269 g/mol. The molecule has 6 heteroatoms. The summed E-state index contributed by atoms with van der Waals surface area (Å²) in [6, 6.07) is -0.868. The Balaban J connectivity index is 2.81. The number of carbonyl (C=O) groups excluding carboxylic acids is 2. The number of carbonyl (C=O) groups is 2. The van der Waals surface area contributed by atoms with Gasteiger partial charge in [-0.2, -0.15) is 0 Å². The maximum atomic E-state index is 11.9. The lowest BCUT2D eigenvalue weighted by Gasteiger charge is -2.22. The third-order valence-corrected chi connectivity index (χ3v) is 3.14. The molecule has 108 valence electrons. The summed E-state index contributed by atoms with van der Waals surface area (Å²) in [7, 11) is 0. The molecule has 0 aliphatic carbocycles. The van der Waals surface area contributed by atoms with Crippen molar-refractivity contribution in [2.24, 2.45) is 11.7 Å². The molecule has 0 spiro atoms. The van der Waals surface area contributed by atoms with Gasteiger partial charge in [0.15, 0.2) is 0 Å². The predicted molar refractivity (Wildman–Crippen MR) is 72.1 cm³/mol. The second-order valence-corrected chi connectivity index (χ2v) is 5.22. The summed E-state index contributed by atoms with van der Waals surface area (Å²) < 4.78 is 0. The molecule has 0 aromatic heterocycles. The van der Waals surface area contributed by atoms with Crippen LogP contribution in [-0.2, 0) is 9.59 Å². The SMILES string of the molecule is CC(C)[C@H]1/C=C/C(=O)NC[C@H](O)CC[C@H](N)C(=O)N1. The maximum absolute atomic E-state index is 11.9. The van der Waals surface area contributed by atoms with Crippen molar-refractivity contribution in [2.75, 3.05) is 6.54 Å². The quantitative estimate of drug-likeness (QED) is 0.504. The Bertz CT molecular complexity index is 355. The molecule has 1 aliphatic rings. The minimum atomic E-state index is -0.684. The Hall–Kier alpha value is -1.40. The number of nitrogens with two attached hydrogens (primary N) is 1. The lowest BCUT2D eigenvalue weighted by atomic mass is 10.0. The van der Waals surface area contributed by atoms with Gasteiger partial charge in [0.1, 0.15) is 0 Å². The summed E-state index contributed by atoms with van der Waals surface area (Å²) in [5.74, 6) is -0.367. The number of rotatable bonds is 1. The van der Waals surface area contributed by atoms with Gasteiger partial charge in [-0.05, 0) is 18.8 Å². The summed E-state index contributed by atoms with van der Waals surface area (Å²) in [6.45, 7) is 4.08. The third kappa shape index (κ3) is 5.40. The number of aliphatic hydroxyl groups is 1. The summed E-state index contributed by atoms with van der Waals surface area (Å²) in [5.41, 5.74) is 5.78. The number of aliphatic hydroxyl groups excluding tert-OH is 1. The van der Waals surface area contributed by atoms with Crippen LogP contribution in [0.5, 0.6) is 0 Å². The summed E-state index contributed by atoms with van der Waals surface area (Å²) in [4.78, 5) is 23.4. The van der Waals surface area contributed by atoms with Gasteiger partial charge in [0, 0.05) is 18.7 Å². The van der Waals surface area contributed by atoms with Crippen molar-refractivity contribution in [2.45, 2.75) is 44.9 Å². The van der Waals surface area contributed by atoms with Crippen LogP contribution in [0, 0.1) is 5.92 Å². The maximum Gasteiger partial charge on any atom is 0.243 e. The van der Waals surface area contributed by atoms with E-state index in [1.165, 1.54) is 6.08 Å². The van der Waals surface area contributed by atoms with Crippen molar-refractivity contribution in [3.8, 4) is 0 Å². The molecule has 0 saturated heterocycles. The Morgan fingerprint density at radius 1 is 1.37 bits per heavy atom. The van der Waals surface area contributed by atoms with Crippen LogP contribution in [0.2, 0.25) is 0 Å². The van der Waals surface area contributed by atoms with Crippen LogP contribution in [0.3, 0.4) is 0 Å². The van der Waals surface area contributed by atoms with E-state index in [4.69, 9.17) is 5.73 Å². The lowest BCUT2D eigenvalue weighted by molar-refractivity contribution is -0.123. The standard InChI is InChI=1S/C13H23N3O3/c1-8(2)11-5-6-12(18)15-7-9(17)3-4-10(14)13(19)16-11/h5-6,8-11,17H,3-4,7,14H2,1-2H3,(H,15,18)(H,16,19)/b6-5+/t9-,10+,11-/m1/s1. The molecule has 0 unspecified atom stereocenters. The van der Waals surface area contributed by atoms with E-state index in [9.17, 15) is 14.7 Å². The van der Waals surface area contributed by atoms with Gasteiger partial charge in [-0.1, -0.05) is 19.9 Å². The predicted octanol–water partition coefficient (Wildman–Crippen LogP) is -0.718. The molecule has 0 bridgehead atoms. The molecule has 0 fully saturated rings. The van der Waals surface area contributed by atoms with Gasteiger partial charge in [-0.15, -0.1) is 0 Å². The minimum absolute atomic E-state index is 0.161. The van der Waals surface area contributed by atoms with E-state index >= 15 is 0 Å². The first-order valence-corrected chi connectivity index (χ1v) is 6.60. The Morgan fingerprint density at radius 3 is 2.68 bits per heavy atom. The van der Waals surface area contributed by atoms with Crippen LogP contribution in [-0.4, -0.2) is 41.7 Å². The number of nitrogens with one attached hydrogen (secondary N) is 2. The molecule has 2 amide bonds. The van der Waals surface area contributed by atoms with E-state index in [1.54, 1.807) is 6.08 Å². The monoisotopic (exact) mass is 269 g/mol. The number of β-amino-alcohol motifs (C(OH)–C–C–N with tert-alkyl or cyclic N) is 1. The van der Waals surface area contributed by atoms with Gasteiger partial charge in [0.2, 0.25) is 11.8 Å². The molecule has 1 heterocycles. The van der Waals surface area contributed by atoms with Crippen molar-refractivity contribution in [1.82, 2.24) is 10.6 Å². The van der Waals surface area contributed by atoms with E-state index in [1.807, 2.05) is 13.8 Å². The van der Waals surface area contributed by atoms with E-state index in [0.717, 1.165) is 0 Å². The Kier molecular flexibility index (Phi) is 5.98. The van der Waals surface area contributed by atoms with Crippen LogP contribution in [0.15, 0.2) is 12.2 Å². The highest BCUT2D eigenvalue weighted by molar-refractivity contribution is 5.88. The first kappa shape index (κ1) is 15.7. The molecule has 19 heavy (non-hydrogen) atoms. The topological polar surface area (TPSA) is 104 Å². The van der Waals surface area contributed by atoms with Crippen LogP contribution in [0.4, 0.5) is 0 Å². The summed E-state index contributed by atoms with van der Waals surface area (Å²) in [6.07, 6.45) is 3.11. The molecule has 0 aromatic rings. The van der Waals surface area contributed by atoms with Gasteiger partial charge in [0.25, 0.3) is 0 Å². The van der Waals surface area contributed by atoms with Crippen LogP contribution >= 0.6 is 0 Å². The highest BCUT2D eigenvalue weighted by atomic mass is 16.3. The lowest BCUT2D eigenvalue weighted by Crippen LogP contribution is -2.47. The van der Waals surface area contributed by atoms with Gasteiger partial charge in [-0.3, -0.25) is 9.59 Å². The molecule has 1 rings (SSSR count). The molecular formula is C13H23N3O3. The fourth-order valence-corrected chi connectivity index (χ4v) is 1.78. The number of hydrogen-bond donors (Lipinski definition) is 4. The van der Waals surface area contributed by atoms with Gasteiger partial charge in [-0.25, -0.2) is 0 Å². The molecule has 6 nitrogen and oxygen atoms in total. The molecular weight excluding hydrogens is 246 g/mol. The molecule has 0 saturated carbocycles. The Labute approximate surface area is 113 Å². The molecule has 0 radical (unpaired) electrons. The zero-order valence-corrected chi connectivity index (χ0v) is 11.4. The first-order valence-electron chi connectivity index (χ1n) is 6.60. The second-order valence-electron chi connectivity index (χ2n) is 5.22. The Morgan fingerprint density at radius 2 is 2.05 bits per heavy atom. The van der Waals surface area contributed by atoms with Crippen LogP contribution in [0.25, 0.3) is 0 Å². The van der Waals surface area contributed by atoms with Crippen molar-refractivity contribution < 1.29 is 14.7 Å². The van der Waals surface area contributed by atoms with Crippen molar-refractivity contribution >= 4 is 11.8 Å². The molecule has 0 aromatic carbocycles. The smallest absolute Gasteiger partial charge is 0.243 e. The first-order chi connectivity index (χ1) is 8.90. The molecule has 1 aliphatic heterocycles. The van der Waals surface area contributed by atoms with Gasteiger partial charge >= 0.3 is 0 Å². The van der Waals surface area contributed by atoms with E-state index in [0.29, 0.717) is 12.8 Å². The highest BCUT2D eigenvalue weighted by Crippen LogP contribution is 2.06. The summed E-state index contributed by atoms with van der Waals surface area (Å²) in [5, 5.41) is 15.0. The number of hydrogen-bond acceptors (Lipinski definition) is 4. The van der Waals surface area contributed by atoms with Crippen molar-refractivity contribution in [3.05, 3.63) is 12.2 Å². The second kappa shape index (κ2) is 7.25. The van der Waals surface area contributed by atoms with Crippen molar-refractivity contribution in [1.29, 1.82) is 0 Å². The highest BCUT2D eigenvalue weighted by Gasteiger charge is 2.20. The molecule has 3 atom stereocenters. The van der Waals surface area contributed by atoms with E-state index in [-0.39, 0.29) is 30.3 Å². The third-order valence-electron chi connectivity index (χ3n) is 3.14. The fraction of sp³-hybridized carbons (Fsp3) is 0.692. The van der Waals surface area contributed by atoms with Crippen molar-refractivity contribution in [3.63, 3.8) is 0 Å². The fourth-order valence-electron chi connectivity index (χ4n) is 1.78.